The number of carbonyl (C=O) groups is 1. The number of nitrogens with zero attached hydrogens (tertiary/aromatic N) is 5. The first-order chi connectivity index (χ1) is 15.7. The minimum absolute atomic E-state index is 0.0166. The van der Waals surface area contributed by atoms with Crippen LogP contribution in [0.2, 0.25) is 0 Å². The average molecular weight is 432 g/mol. The Balaban J connectivity index is 1.51. The van der Waals surface area contributed by atoms with Crippen molar-refractivity contribution in [1.82, 2.24) is 30.6 Å². The largest absolute Gasteiger partial charge is 0.356 e. The van der Waals surface area contributed by atoms with Gasteiger partial charge in [0.25, 0.3) is 0 Å². The number of rotatable bonds is 5. The Kier molecular flexibility index (Phi) is 5.70. The topological polar surface area (TPSA) is 95.9 Å². The zero-order chi connectivity index (χ0) is 22.0. The number of hydrogen-bond donors (Lipinski definition) is 2. The fourth-order valence-corrected chi connectivity index (χ4v) is 4.76. The molecule has 0 bridgehead atoms. The molecule has 2 N–H and O–H groups in total. The lowest BCUT2D eigenvalue weighted by Crippen LogP contribution is -2.41. The van der Waals surface area contributed by atoms with Crippen molar-refractivity contribution in [2.75, 3.05) is 31.1 Å². The Labute approximate surface area is 187 Å². The summed E-state index contributed by atoms with van der Waals surface area (Å²) in [6.45, 7) is 6.46. The lowest BCUT2D eigenvalue weighted by molar-refractivity contribution is -0.120. The average Bonchev–Trinajstić information content (AvgIpc) is 3.30. The van der Waals surface area contributed by atoms with Gasteiger partial charge in [-0.1, -0.05) is 6.92 Å². The molecule has 0 radical (unpaired) electrons. The van der Waals surface area contributed by atoms with Crippen molar-refractivity contribution in [2.24, 2.45) is 5.41 Å². The van der Waals surface area contributed by atoms with Gasteiger partial charge in [-0.15, -0.1) is 0 Å². The number of pyridine rings is 2. The maximum Gasteiger partial charge on any atom is 0.220 e. The molecule has 3 aromatic rings. The molecule has 8 nitrogen and oxygen atoms in total. The Morgan fingerprint density at radius 2 is 2.00 bits per heavy atom. The van der Waals surface area contributed by atoms with Crippen LogP contribution < -0.4 is 15.5 Å². The Morgan fingerprint density at radius 1 is 1.19 bits per heavy atom. The molecule has 0 unspecified atom stereocenters. The summed E-state index contributed by atoms with van der Waals surface area (Å²) in [5, 5.41) is 7.44. The molecule has 5 heterocycles. The molecule has 1 amide bonds. The van der Waals surface area contributed by atoms with Gasteiger partial charge in [0.2, 0.25) is 5.91 Å². The maximum atomic E-state index is 11.7. The molecule has 0 saturated carbocycles. The Bertz CT molecular complexity index is 1100. The smallest absolute Gasteiger partial charge is 0.220 e. The molecule has 2 fully saturated rings. The van der Waals surface area contributed by atoms with Gasteiger partial charge in [-0.05, 0) is 49.4 Å². The third-order valence-corrected chi connectivity index (χ3v) is 6.80. The van der Waals surface area contributed by atoms with Crippen LogP contribution in [-0.4, -0.2) is 52.0 Å². The molecule has 0 aliphatic carbocycles. The minimum Gasteiger partial charge on any atom is -0.356 e. The minimum atomic E-state index is 0.0166. The van der Waals surface area contributed by atoms with Crippen molar-refractivity contribution in [1.29, 1.82) is 0 Å². The number of amides is 1. The van der Waals surface area contributed by atoms with E-state index in [-0.39, 0.29) is 5.91 Å². The molecular formula is C24H29N7O. The molecule has 2 saturated heterocycles. The van der Waals surface area contributed by atoms with Crippen LogP contribution in [0.15, 0.2) is 36.8 Å². The van der Waals surface area contributed by atoms with Crippen LogP contribution >= 0.6 is 0 Å². The molecular weight excluding hydrogens is 402 g/mol. The van der Waals surface area contributed by atoms with E-state index >= 15 is 0 Å². The van der Waals surface area contributed by atoms with Crippen LogP contribution in [0.25, 0.3) is 22.3 Å². The zero-order valence-corrected chi connectivity index (χ0v) is 18.5. The highest BCUT2D eigenvalue weighted by atomic mass is 16.1. The van der Waals surface area contributed by atoms with Crippen LogP contribution in [0.5, 0.6) is 0 Å². The predicted octanol–water partition coefficient (Wildman–Crippen LogP) is 2.69. The van der Waals surface area contributed by atoms with Crippen molar-refractivity contribution in [2.45, 2.75) is 39.2 Å². The molecule has 1 spiro atoms. The highest BCUT2D eigenvalue weighted by Crippen LogP contribution is 2.39. The van der Waals surface area contributed by atoms with Gasteiger partial charge >= 0.3 is 0 Å². The fraction of sp³-hybridized carbons (Fsp3) is 0.458. The van der Waals surface area contributed by atoms with Crippen LogP contribution in [0.3, 0.4) is 0 Å². The van der Waals surface area contributed by atoms with Crippen molar-refractivity contribution in [3.05, 3.63) is 42.5 Å². The molecule has 8 heteroatoms. The van der Waals surface area contributed by atoms with E-state index in [9.17, 15) is 4.79 Å². The molecule has 0 atom stereocenters. The van der Waals surface area contributed by atoms with Crippen LogP contribution in [0.1, 0.15) is 38.3 Å². The van der Waals surface area contributed by atoms with E-state index in [1.807, 2.05) is 25.1 Å². The maximum absolute atomic E-state index is 11.7. The number of piperidine rings is 1. The summed E-state index contributed by atoms with van der Waals surface area (Å²) in [6.07, 6.45) is 9.38. The number of hydrogen-bond acceptors (Lipinski definition) is 7. The van der Waals surface area contributed by atoms with Gasteiger partial charge < -0.3 is 15.5 Å². The highest BCUT2D eigenvalue weighted by Gasteiger charge is 2.37. The van der Waals surface area contributed by atoms with Crippen LogP contribution in [0.4, 0.5) is 5.82 Å². The van der Waals surface area contributed by atoms with E-state index in [1.54, 1.807) is 18.6 Å². The molecule has 5 rings (SSSR count). The lowest BCUT2D eigenvalue weighted by atomic mass is 9.78. The van der Waals surface area contributed by atoms with E-state index in [0.29, 0.717) is 24.2 Å². The fourth-order valence-electron chi connectivity index (χ4n) is 4.76. The summed E-state index contributed by atoms with van der Waals surface area (Å²) in [4.78, 5) is 32.6. The second-order valence-electron chi connectivity index (χ2n) is 8.84. The quantitative estimate of drug-likeness (QED) is 0.641. The van der Waals surface area contributed by atoms with E-state index in [4.69, 9.17) is 9.97 Å². The standard InChI is InChI=1S/C24H29N7O/c1-2-21(32)28-14-18-13-19-20(15-27-18)29-22(17-3-8-25-9-4-17)30-23(19)31-11-6-24(7-12-31)5-10-26-16-24/h3-4,8-9,13,15,26H,2,5-7,10-12,14,16H2,1H3,(H,28,32). The molecule has 2 aliphatic heterocycles. The van der Waals surface area contributed by atoms with Crippen molar-refractivity contribution >= 4 is 22.6 Å². The zero-order valence-electron chi connectivity index (χ0n) is 18.5. The van der Waals surface area contributed by atoms with Gasteiger partial charge in [0.05, 0.1) is 24.0 Å². The van der Waals surface area contributed by atoms with Crippen molar-refractivity contribution in [3.63, 3.8) is 0 Å². The van der Waals surface area contributed by atoms with Gasteiger partial charge in [-0.25, -0.2) is 9.97 Å². The van der Waals surface area contributed by atoms with E-state index in [2.05, 4.69) is 25.5 Å². The first-order valence-corrected chi connectivity index (χ1v) is 11.5. The second kappa shape index (κ2) is 8.78. The van der Waals surface area contributed by atoms with E-state index in [0.717, 1.165) is 54.2 Å². The molecule has 2 aliphatic rings. The number of fused-ring (bicyclic) bond motifs is 1. The van der Waals surface area contributed by atoms with Gasteiger partial charge in [0.1, 0.15) is 5.82 Å². The lowest BCUT2D eigenvalue weighted by Gasteiger charge is -2.39. The van der Waals surface area contributed by atoms with Crippen LogP contribution in [0, 0.1) is 5.41 Å². The van der Waals surface area contributed by atoms with Crippen molar-refractivity contribution < 1.29 is 4.79 Å². The number of nitrogens with one attached hydrogen (secondary N) is 2. The van der Waals surface area contributed by atoms with E-state index in [1.165, 1.54) is 19.3 Å². The van der Waals surface area contributed by atoms with E-state index < -0.39 is 0 Å². The predicted molar refractivity (Wildman–Crippen MR) is 124 cm³/mol. The summed E-state index contributed by atoms with van der Waals surface area (Å²) < 4.78 is 0. The Hall–Kier alpha value is -3.13. The van der Waals surface area contributed by atoms with Gasteiger partial charge in [0, 0.05) is 49.4 Å². The first kappa shape index (κ1) is 20.8. The summed E-state index contributed by atoms with van der Waals surface area (Å²) in [5.41, 5.74) is 3.00. The SMILES string of the molecule is CCC(=O)NCc1cc2c(N3CCC4(CCNC4)CC3)nc(-c3ccncc3)nc2cn1. The molecule has 166 valence electrons. The first-order valence-electron chi connectivity index (χ1n) is 11.5. The van der Waals surface area contributed by atoms with Crippen molar-refractivity contribution in [3.8, 4) is 11.4 Å². The number of anilines is 1. The third-order valence-electron chi connectivity index (χ3n) is 6.80. The molecule has 0 aromatic carbocycles. The Morgan fingerprint density at radius 3 is 2.72 bits per heavy atom. The number of aromatic nitrogens is 4. The summed E-state index contributed by atoms with van der Waals surface area (Å²) in [6, 6.07) is 5.89. The third kappa shape index (κ3) is 4.14. The molecule has 3 aromatic heterocycles. The van der Waals surface area contributed by atoms with Gasteiger partial charge in [0.15, 0.2) is 5.82 Å². The second-order valence-corrected chi connectivity index (χ2v) is 8.84. The monoisotopic (exact) mass is 431 g/mol. The highest BCUT2D eigenvalue weighted by molar-refractivity contribution is 5.91. The summed E-state index contributed by atoms with van der Waals surface area (Å²) in [7, 11) is 0. The normalized spacial score (nSPS) is 17.7. The summed E-state index contributed by atoms with van der Waals surface area (Å²) >= 11 is 0. The van der Waals surface area contributed by atoms with Gasteiger partial charge in [-0.3, -0.25) is 14.8 Å². The summed E-state index contributed by atoms with van der Waals surface area (Å²) in [5.74, 6) is 1.66. The van der Waals surface area contributed by atoms with Gasteiger partial charge in [-0.2, -0.15) is 0 Å². The number of carbonyl (C=O) groups excluding carboxylic acids is 1. The van der Waals surface area contributed by atoms with Crippen LogP contribution in [-0.2, 0) is 11.3 Å². The molecule has 32 heavy (non-hydrogen) atoms.